The van der Waals surface area contributed by atoms with Crippen molar-refractivity contribution in [2.24, 2.45) is 11.1 Å². The van der Waals surface area contributed by atoms with Crippen molar-refractivity contribution in [1.29, 1.82) is 0 Å². The largest absolute Gasteiger partial charge is 0.392 e. The molecule has 2 rings (SSSR count). The van der Waals surface area contributed by atoms with E-state index in [4.69, 9.17) is 18.0 Å². The molecule has 1 aliphatic carbocycles. The summed E-state index contributed by atoms with van der Waals surface area (Å²) in [5.74, 6) is -0.0643. The van der Waals surface area contributed by atoms with Crippen LogP contribution in [0.1, 0.15) is 32.1 Å². The minimum absolute atomic E-state index is 0.0643. The lowest BCUT2D eigenvalue weighted by Gasteiger charge is -2.34. The molecule has 5 heteroatoms. The van der Waals surface area contributed by atoms with Gasteiger partial charge in [-0.1, -0.05) is 37.5 Å². The van der Waals surface area contributed by atoms with Crippen molar-refractivity contribution >= 4 is 34.5 Å². The highest BCUT2D eigenvalue weighted by Gasteiger charge is 2.42. The fourth-order valence-corrected chi connectivity index (χ4v) is 3.15. The van der Waals surface area contributed by atoms with Crippen molar-refractivity contribution in [2.45, 2.75) is 32.1 Å². The van der Waals surface area contributed by atoms with Crippen LogP contribution < -0.4 is 16.0 Å². The number of hydrogen-bond acceptors (Lipinski definition) is 3. The van der Waals surface area contributed by atoms with Gasteiger partial charge in [0.05, 0.1) is 10.4 Å². The van der Waals surface area contributed by atoms with Crippen LogP contribution in [0, 0.1) is 5.41 Å². The molecular formula is C16H23N3OS. The molecule has 0 atom stereocenters. The second-order valence-electron chi connectivity index (χ2n) is 5.91. The lowest BCUT2D eigenvalue weighted by atomic mass is 9.73. The first-order chi connectivity index (χ1) is 9.95. The minimum atomic E-state index is -0.679. The molecule has 0 aliphatic heterocycles. The van der Waals surface area contributed by atoms with Gasteiger partial charge in [-0.05, 0) is 31.0 Å². The van der Waals surface area contributed by atoms with Crippen LogP contribution in [0.15, 0.2) is 24.3 Å². The summed E-state index contributed by atoms with van der Waals surface area (Å²) in [7, 11) is 3.94. The molecule has 1 aromatic carbocycles. The fourth-order valence-electron chi connectivity index (χ4n) is 2.85. The first kappa shape index (κ1) is 15.8. The molecule has 0 unspecified atom stereocenters. The molecule has 4 nitrogen and oxygen atoms in total. The summed E-state index contributed by atoms with van der Waals surface area (Å²) in [5.41, 5.74) is 7.05. The van der Waals surface area contributed by atoms with Gasteiger partial charge in [0.1, 0.15) is 0 Å². The second-order valence-corrected chi connectivity index (χ2v) is 6.35. The molecule has 0 aromatic heterocycles. The van der Waals surface area contributed by atoms with Crippen molar-refractivity contribution in [3.63, 3.8) is 0 Å². The number of nitrogens with zero attached hydrogens (tertiary/aromatic N) is 1. The number of rotatable bonds is 4. The van der Waals surface area contributed by atoms with E-state index in [0.717, 1.165) is 43.5 Å². The smallest absolute Gasteiger partial charge is 0.237 e. The van der Waals surface area contributed by atoms with Crippen LogP contribution in [0.4, 0.5) is 11.4 Å². The van der Waals surface area contributed by atoms with Crippen molar-refractivity contribution < 1.29 is 4.79 Å². The van der Waals surface area contributed by atoms with E-state index in [1.165, 1.54) is 0 Å². The molecule has 0 radical (unpaired) electrons. The maximum Gasteiger partial charge on any atom is 0.237 e. The molecule has 1 fully saturated rings. The van der Waals surface area contributed by atoms with Crippen molar-refractivity contribution in [1.82, 2.24) is 0 Å². The van der Waals surface area contributed by atoms with Crippen LogP contribution in [-0.2, 0) is 4.79 Å². The van der Waals surface area contributed by atoms with Gasteiger partial charge >= 0.3 is 0 Å². The van der Waals surface area contributed by atoms with Gasteiger partial charge in [0.15, 0.2) is 0 Å². The van der Waals surface area contributed by atoms with Gasteiger partial charge in [0.2, 0.25) is 5.91 Å². The number of carbonyl (C=O) groups is 1. The van der Waals surface area contributed by atoms with E-state index < -0.39 is 5.41 Å². The summed E-state index contributed by atoms with van der Waals surface area (Å²) < 4.78 is 0. The normalized spacial score (nSPS) is 17.0. The zero-order chi connectivity index (χ0) is 15.5. The van der Waals surface area contributed by atoms with Crippen LogP contribution in [0.25, 0.3) is 0 Å². The molecule has 1 aliphatic rings. The van der Waals surface area contributed by atoms with Crippen LogP contribution in [0.3, 0.4) is 0 Å². The third kappa shape index (κ3) is 3.35. The molecule has 0 heterocycles. The van der Waals surface area contributed by atoms with E-state index in [1.807, 2.05) is 43.3 Å². The highest BCUT2D eigenvalue weighted by molar-refractivity contribution is 7.80. The number of nitrogens with two attached hydrogens (primary N) is 1. The lowest BCUT2D eigenvalue weighted by molar-refractivity contribution is -0.123. The Morgan fingerprint density at radius 2 is 1.95 bits per heavy atom. The van der Waals surface area contributed by atoms with E-state index in [2.05, 4.69) is 5.32 Å². The van der Waals surface area contributed by atoms with Crippen molar-refractivity contribution in [2.75, 3.05) is 24.3 Å². The summed E-state index contributed by atoms with van der Waals surface area (Å²) in [4.78, 5) is 15.0. The average Bonchev–Trinajstić information content (AvgIpc) is 2.48. The predicted molar refractivity (Wildman–Crippen MR) is 91.7 cm³/mol. The third-order valence-electron chi connectivity index (χ3n) is 4.23. The Hall–Kier alpha value is -1.62. The van der Waals surface area contributed by atoms with Gasteiger partial charge in [-0.25, -0.2) is 0 Å². The number of amides is 1. The van der Waals surface area contributed by atoms with Gasteiger partial charge in [-0.15, -0.1) is 0 Å². The molecule has 0 saturated heterocycles. The van der Waals surface area contributed by atoms with Crippen molar-refractivity contribution in [3.05, 3.63) is 24.3 Å². The Morgan fingerprint density at radius 1 is 1.29 bits per heavy atom. The molecule has 21 heavy (non-hydrogen) atoms. The van der Waals surface area contributed by atoms with E-state index in [9.17, 15) is 4.79 Å². The molecule has 1 saturated carbocycles. The van der Waals surface area contributed by atoms with Gasteiger partial charge in [-0.2, -0.15) is 0 Å². The highest BCUT2D eigenvalue weighted by Crippen LogP contribution is 2.38. The molecule has 0 bridgehead atoms. The maximum absolute atomic E-state index is 12.7. The number of nitrogens with one attached hydrogen (secondary N) is 1. The molecule has 0 spiro atoms. The Labute approximate surface area is 131 Å². The van der Waals surface area contributed by atoms with E-state index >= 15 is 0 Å². The summed E-state index contributed by atoms with van der Waals surface area (Å²) in [6, 6.07) is 7.77. The lowest BCUT2D eigenvalue weighted by Crippen LogP contribution is -2.47. The number of carbonyl (C=O) groups excluding carboxylic acids is 1. The summed E-state index contributed by atoms with van der Waals surface area (Å²) in [6.45, 7) is 0. The summed E-state index contributed by atoms with van der Waals surface area (Å²) in [6.07, 6.45) is 4.65. The minimum Gasteiger partial charge on any atom is -0.392 e. The second kappa shape index (κ2) is 6.43. The summed E-state index contributed by atoms with van der Waals surface area (Å²) >= 11 is 5.20. The van der Waals surface area contributed by atoms with Crippen molar-refractivity contribution in [3.8, 4) is 0 Å². The van der Waals surface area contributed by atoms with Crippen LogP contribution in [-0.4, -0.2) is 25.0 Å². The van der Waals surface area contributed by atoms with Gasteiger partial charge < -0.3 is 16.0 Å². The first-order valence-corrected chi connectivity index (χ1v) is 7.75. The number of anilines is 2. The van der Waals surface area contributed by atoms with E-state index in [1.54, 1.807) is 0 Å². The van der Waals surface area contributed by atoms with Gasteiger partial charge in [-0.3, -0.25) is 4.79 Å². The molecule has 1 aromatic rings. The zero-order valence-corrected chi connectivity index (χ0v) is 13.5. The predicted octanol–water partition coefficient (Wildman–Crippen LogP) is 2.93. The molecule has 3 N–H and O–H groups in total. The standard InChI is InChI=1S/C16H23N3OS/c1-19(2)13-8-6-7-12(11-13)18-15(20)16(14(17)21)9-4-3-5-10-16/h6-8,11H,3-5,9-10H2,1-2H3,(H2,17,21)(H,18,20). The highest BCUT2D eigenvalue weighted by atomic mass is 32.1. The molecular weight excluding hydrogens is 282 g/mol. The van der Waals surface area contributed by atoms with Gasteiger partial charge in [0.25, 0.3) is 0 Å². The van der Waals surface area contributed by atoms with Gasteiger partial charge in [0, 0.05) is 25.5 Å². The Morgan fingerprint density at radius 3 is 2.52 bits per heavy atom. The van der Waals surface area contributed by atoms with Crippen LogP contribution >= 0.6 is 12.2 Å². The maximum atomic E-state index is 12.7. The molecule has 114 valence electrons. The Kier molecular flexibility index (Phi) is 4.83. The first-order valence-electron chi connectivity index (χ1n) is 7.34. The number of benzene rings is 1. The molecule has 1 amide bonds. The summed E-state index contributed by atoms with van der Waals surface area (Å²) in [5, 5.41) is 3.00. The monoisotopic (exact) mass is 305 g/mol. The number of hydrogen-bond donors (Lipinski definition) is 2. The van der Waals surface area contributed by atoms with Crippen LogP contribution in [0.5, 0.6) is 0 Å². The third-order valence-corrected chi connectivity index (χ3v) is 4.62. The fraction of sp³-hybridized carbons (Fsp3) is 0.500. The number of thiocarbonyl (C=S) groups is 1. The SMILES string of the molecule is CN(C)c1cccc(NC(=O)C2(C(N)=S)CCCCC2)c1. The Bertz CT molecular complexity index is 536. The quantitative estimate of drug-likeness (QED) is 0.840. The topological polar surface area (TPSA) is 58.4 Å². The van der Waals surface area contributed by atoms with E-state index in [-0.39, 0.29) is 5.91 Å². The van der Waals surface area contributed by atoms with Crippen LogP contribution in [0.2, 0.25) is 0 Å². The van der Waals surface area contributed by atoms with E-state index in [0.29, 0.717) is 4.99 Å². The average molecular weight is 305 g/mol. The Balaban J connectivity index is 2.19. The zero-order valence-electron chi connectivity index (χ0n) is 12.7.